The molecule has 0 amide bonds. The molecule has 0 spiro atoms. The predicted molar refractivity (Wildman–Crippen MR) is 124 cm³/mol. The number of rotatable bonds is 6. The fourth-order valence-electron chi connectivity index (χ4n) is 4.59. The van der Waals surface area contributed by atoms with Gasteiger partial charge in [-0.2, -0.15) is 0 Å². The lowest BCUT2D eigenvalue weighted by Crippen LogP contribution is -2.52. The van der Waals surface area contributed by atoms with Crippen molar-refractivity contribution in [1.29, 1.82) is 0 Å². The number of guanidine groups is 1. The lowest BCUT2D eigenvalue weighted by atomic mass is 9.95. The molecule has 2 aromatic carbocycles. The number of hydrogen-bond acceptors (Lipinski definition) is 4. The molecule has 0 radical (unpaired) electrons. The number of ether oxygens (including phenoxy) is 2. The molecule has 172 valence electrons. The van der Waals surface area contributed by atoms with Crippen LogP contribution in [-0.4, -0.2) is 69.2 Å². The van der Waals surface area contributed by atoms with Gasteiger partial charge >= 0.3 is 0 Å². The minimum Gasteiger partial charge on any atom is -0.494 e. The molecule has 6 nitrogen and oxygen atoms in total. The Kier molecular flexibility index (Phi) is 7.60. The van der Waals surface area contributed by atoms with E-state index in [2.05, 4.69) is 44.4 Å². The Morgan fingerprint density at radius 3 is 2.62 bits per heavy atom. The molecule has 0 bridgehead atoms. The van der Waals surface area contributed by atoms with Gasteiger partial charge in [0.2, 0.25) is 0 Å². The second kappa shape index (κ2) is 10.8. The summed E-state index contributed by atoms with van der Waals surface area (Å²) < 4.78 is 25.0. The molecule has 4 rings (SSSR count). The second-order valence-electron chi connectivity index (χ2n) is 8.41. The van der Waals surface area contributed by atoms with Crippen molar-refractivity contribution in [1.82, 2.24) is 15.1 Å². The van der Waals surface area contributed by atoms with Crippen molar-refractivity contribution in [2.45, 2.75) is 19.1 Å². The lowest BCUT2D eigenvalue weighted by molar-refractivity contribution is 0.0912. The monoisotopic (exact) mass is 440 g/mol. The molecule has 2 unspecified atom stereocenters. The van der Waals surface area contributed by atoms with Crippen LogP contribution in [0.25, 0.3) is 0 Å². The molecule has 2 aliphatic heterocycles. The van der Waals surface area contributed by atoms with Crippen molar-refractivity contribution < 1.29 is 13.9 Å². The zero-order valence-corrected chi connectivity index (χ0v) is 19.0. The SMILES string of the molecule is CN=C(NCC1CCOC1c1ccccc1)N1CCN(Cc2ccc(OC)c(F)c2)CC1. The Morgan fingerprint density at radius 1 is 1.16 bits per heavy atom. The predicted octanol–water partition coefficient (Wildman–Crippen LogP) is 3.31. The molecular formula is C25H33FN4O2. The van der Waals surface area contributed by atoms with Gasteiger partial charge in [-0.25, -0.2) is 4.39 Å². The van der Waals surface area contributed by atoms with Crippen molar-refractivity contribution >= 4 is 5.96 Å². The molecule has 0 saturated carbocycles. The Bertz CT molecular complexity index is 900. The first-order valence-corrected chi connectivity index (χ1v) is 11.3. The average Bonchev–Trinajstić information content (AvgIpc) is 3.30. The number of piperazine rings is 1. The summed E-state index contributed by atoms with van der Waals surface area (Å²) >= 11 is 0. The molecule has 7 heteroatoms. The summed E-state index contributed by atoms with van der Waals surface area (Å²) in [6, 6.07) is 15.7. The molecule has 0 aromatic heterocycles. The number of nitrogens with one attached hydrogen (secondary N) is 1. The number of benzene rings is 2. The van der Waals surface area contributed by atoms with E-state index in [-0.39, 0.29) is 17.7 Å². The van der Waals surface area contributed by atoms with E-state index in [9.17, 15) is 4.39 Å². The van der Waals surface area contributed by atoms with Crippen LogP contribution in [0.1, 0.15) is 23.7 Å². The Balaban J connectivity index is 1.26. The van der Waals surface area contributed by atoms with Gasteiger partial charge in [0.1, 0.15) is 0 Å². The van der Waals surface area contributed by atoms with Crippen molar-refractivity contribution in [3.63, 3.8) is 0 Å². The molecule has 1 N–H and O–H groups in total. The highest BCUT2D eigenvalue weighted by Gasteiger charge is 2.30. The first-order chi connectivity index (χ1) is 15.7. The van der Waals surface area contributed by atoms with Crippen LogP contribution in [-0.2, 0) is 11.3 Å². The molecule has 2 fully saturated rings. The molecule has 0 aliphatic carbocycles. The van der Waals surface area contributed by atoms with E-state index in [4.69, 9.17) is 9.47 Å². The van der Waals surface area contributed by atoms with Crippen LogP contribution < -0.4 is 10.1 Å². The fraction of sp³-hybridized carbons (Fsp3) is 0.480. The van der Waals surface area contributed by atoms with Gasteiger partial charge in [-0.3, -0.25) is 9.89 Å². The maximum absolute atomic E-state index is 14.0. The Labute approximate surface area is 190 Å². The topological polar surface area (TPSA) is 49.3 Å². The number of hydrogen-bond donors (Lipinski definition) is 1. The first-order valence-electron chi connectivity index (χ1n) is 11.3. The molecule has 2 saturated heterocycles. The maximum Gasteiger partial charge on any atom is 0.193 e. The normalized spacial score (nSPS) is 22.2. The quantitative estimate of drug-likeness (QED) is 0.552. The van der Waals surface area contributed by atoms with Gasteiger partial charge in [0, 0.05) is 58.8 Å². The van der Waals surface area contributed by atoms with E-state index in [1.165, 1.54) is 12.7 Å². The van der Waals surface area contributed by atoms with Crippen LogP contribution >= 0.6 is 0 Å². The van der Waals surface area contributed by atoms with Gasteiger partial charge in [-0.05, 0) is 29.7 Å². The van der Waals surface area contributed by atoms with Crippen LogP contribution in [0.5, 0.6) is 5.75 Å². The highest BCUT2D eigenvalue weighted by atomic mass is 19.1. The van der Waals surface area contributed by atoms with Gasteiger partial charge in [0.25, 0.3) is 0 Å². The van der Waals surface area contributed by atoms with Gasteiger partial charge in [0.15, 0.2) is 17.5 Å². The summed E-state index contributed by atoms with van der Waals surface area (Å²) in [6.45, 7) is 5.98. The third kappa shape index (κ3) is 5.40. The minimum atomic E-state index is -0.307. The number of methoxy groups -OCH3 is 1. The molecule has 2 heterocycles. The van der Waals surface area contributed by atoms with Crippen molar-refractivity contribution in [2.75, 3.05) is 53.5 Å². The zero-order valence-electron chi connectivity index (χ0n) is 19.0. The van der Waals surface area contributed by atoms with Crippen molar-refractivity contribution in [2.24, 2.45) is 10.9 Å². The highest BCUT2D eigenvalue weighted by Crippen LogP contribution is 2.33. The van der Waals surface area contributed by atoms with E-state index < -0.39 is 0 Å². The molecule has 2 atom stereocenters. The third-order valence-corrected chi connectivity index (χ3v) is 6.37. The Hall–Kier alpha value is -2.64. The van der Waals surface area contributed by atoms with E-state index in [0.717, 1.165) is 63.8 Å². The largest absolute Gasteiger partial charge is 0.494 e. The lowest BCUT2D eigenvalue weighted by Gasteiger charge is -2.37. The van der Waals surface area contributed by atoms with E-state index in [1.807, 2.05) is 19.2 Å². The fourth-order valence-corrected chi connectivity index (χ4v) is 4.59. The number of aliphatic imine (C=N–C) groups is 1. The van der Waals surface area contributed by atoms with E-state index >= 15 is 0 Å². The van der Waals surface area contributed by atoms with Gasteiger partial charge < -0.3 is 19.7 Å². The molecular weight excluding hydrogens is 407 g/mol. The van der Waals surface area contributed by atoms with Gasteiger partial charge in [-0.15, -0.1) is 0 Å². The number of nitrogens with zero attached hydrogens (tertiary/aromatic N) is 3. The number of halogens is 1. The van der Waals surface area contributed by atoms with Crippen LogP contribution in [0.3, 0.4) is 0 Å². The van der Waals surface area contributed by atoms with Crippen LogP contribution in [0.2, 0.25) is 0 Å². The highest BCUT2D eigenvalue weighted by molar-refractivity contribution is 5.80. The first kappa shape index (κ1) is 22.6. The molecule has 2 aromatic rings. The summed E-state index contributed by atoms with van der Waals surface area (Å²) in [6.07, 6.45) is 1.19. The van der Waals surface area contributed by atoms with Crippen LogP contribution in [0, 0.1) is 11.7 Å². The summed E-state index contributed by atoms with van der Waals surface area (Å²) in [7, 11) is 3.33. The summed E-state index contributed by atoms with van der Waals surface area (Å²) in [5.74, 6) is 1.35. The van der Waals surface area contributed by atoms with Crippen molar-refractivity contribution in [3.05, 3.63) is 65.5 Å². The minimum absolute atomic E-state index is 0.142. The van der Waals surface area contributed by atoms with Gasteiger partial charge in [0.05, 0.1) is 13.2 Å². The maximum atomic E-state index is 14.0. The van der Waals surface area contributed by atoms with Crippen LogP contribution in [0.15, 0.2) is 53.5 Å². The Morgan fingerprint density at radius 2 is 1.94 bits per heavy atom. The molecule has 2 aliphatic rings. The van der Waals surface area contributed by atoms with Gasteiger partial charge in [-0.1, -0.05) is 36.4 Å². The average molecular weight is 441 g/mol. The standard InChI is InChI=1S/C25H33FN4O2/c1-27-25(28-17-21-10-15-32-24(21)20-6-4-3-5-7-20)30-13-11-29(12-14-30)18-19-8-9-23(31-2)22(26)16-19/h3-9,16,21,24H,10-15,17-18H2,1-2H3,(H,27,28). The van der Waals surface area contributed by atoms with Crippen LogP contribution in [0.4, 0.5) is 4.39 Å². The smallest absolute Gasteiger partial charge is 0.193 e. The van der Waals surface area contributed by atoms with E-state index in [0.29, 0.717) is 5.92 Å². The summed E-state index contributed by atoms with van der Waals surface area (Å²) in [5, 5.41) is 3.58. The second-order valence-corrected chi connectivity index (χ2v) is 8.41. The summed E-state index contributed by atoms with van der Waals surface area (Å²) in [4.78, 5) is 9.17. The third-order valence-electron chi connectivity index (χ3n) is 6.37. The zero-order chi connectivity index (χ0) is 22.3. The van der Waals surface area contributed by atoms with Crippen molar-refractivity contribution in [3.8, 4) is 5.75 Å². The van der Waals surface area contributed by atoms with E-state index in [1.54, 1.807) is 12.1 Å². The summed E-state index contributed by atoms with van der Waals surface area (Å²) in [5.41, 5.74) is 2.21. The molecule has 32 heavy (non-hydrogen) atoms.